The molecule has 0 bridgehead atoms. The largest absolute Gasteiger partial charge is 0.383 e. The lowest BCUT2D eigenvalue weighted by Crippen LogP contribution is -2.34. The Kier molecular flexibility index (Phi) is 5.96. The van der Waals surface area contributed by atoms with Gasteiger partial charge in [0.2, 0.25) is 5.91 Å². The van der Waals surface area contributed by atoms with E-state index in [0.29, 0.717) is 43.4 Å². The van der Waals surface area contributed by atoms with E-state index in [1.165, 1.54) is 0 Å². The van der Waals surface area contributed by atoms with Gasteiger partial charge in [-0.25, -0.2) is 4.79 Å². The van der Waals surface area contributed by atoms with Gasteiger partial charge in [-0.3, -0.25) is 4.79 Å². The zero-order chi connectivity index (χ0) is 18.5. The Bertz CT molecular complexity index is 812. The minimum absolute atomic E-state index is 0.109. The number of nitrogens with one attached hydrogen (secondary N) is 2. The van der Waals surface area contributed by atoms with Crippen LogP contribution in [0.15, 0.2) is 36.4 Å². The van der Waals surface area contributed by atoms with E-state index in [2.05, 4.69) is 10.6 Å². The summed E-state index contributed by atoms with van der Waals surface area (Å²) < 4.78 is 5.01. The van der Waals surface area contributed by atoms with Gasteiger partial charge in [-0.2, -0.15) is 0 Å². The van der Waals surface area contributed by atoms with Crippen LogP contribution >= 0.6 is 11.6 Å². The summed E-state index contributed by atoms with van der Waals surface area (Å²) >= 11 is 6.20. The van der Waals surface area contributed by atoms with Crippen molar-refractivity contribution in [3.05, 3.63) is 41.4 Å². The number of halogens is 1. The Morgan fingerprint density at radius 1 is 1.27 bits per heavy atom. The first-order chi connectivity index (χ1) is 12.6. The number of fused-ring (bicyclic) bond motifs is 1. The van der Waals surface area contributed by atoms with Gasteiger partial charge in [-0.15, -0.1) is 0 Å². The number of carbonyl (C=O) groups excluding carboxylic acids is 2. The van der Waals surface area contributed by atoms with E-state index in [1.807, 2.05) is 24.3 Å². The van der Waals surface area contributed by atoms with Crippen LogP contribution in [0.5, 0.6) is 0 Å². The fourth-order valence-corrected chi connectivity index (χ4v) is 3.41. The van der Waals surface area contributed by atoms with Crippen molar-refractivity contribution in [2.45, 2.75) is 6.42 Å². The minimum atomic E-state index is -0.291. The Hall–Kier alpha value is -2.31. The summed E-state index contributed by atoms with van der Waals surface area (Å²) in [5.74, 6) is 0.227. The predicted molar refractivity (Wildman–Crippen MR) is 103 cm³/mol. The molecule has 7 heteroatoms. The number of carbonyl (C=O) groups is 2. The van der Waals surface area contributed by atoms with Crippen LogP contribution in [0.2, 0.25) is 5.02 Å². The highest BCUT2D eigenvalue weighted by molar-refractivity contribution is 6.36. The summed E-state index contributed by atoms with van der Waals surface area (Å²) in [5.41, 5.74) is 0.701. The van der Waals surface area contributed by atoms with E-state index >= 15 is 0 Å². The molecule has 0 radical (unpaired) electrons. The molecule has 0 saturated carbocycles. The van der Waals surface area contributed by atoms with Crippen LogP contribution < -0.4 is 10.6 Å². The van der Waals surface area contributed by atoms with Crippen molar-refractivity contribution < 1.29 is 14.3 Å². The van der Waals surface area contributed by atoms with E-state index in [-0.39, 0.29) is 17.9 Å². The lowest BCUT2D eigenvalue weighted by Gasteiger charge is -2.16. The third kappa shape index (κ3) is 4.26. The standard InChI is InChI=1S/C19H22ClN3O3/c1-26-9-8-23-12-13(10-18(23)24)11-21-19(25)22-17-7-6-16(20)14-4-2-3-5-15(14)17/h2-7,13H,8-12H2,1H3,(H2,21,22,25)/t13-/m1/s1. The molecule has 1 aliphatic rings. The average Bonchev–Trinajstić information content (AvgIpc) is 3.00. The Morgan fingerprint density at radius 2 is 2.04 bits per heavy atom. The molecule has 1 heterocycles. The first-order valence-electron chi connectivity index (χ1n) is 8.57. The normalized spacial score (nSPS) is 16.9. The average molecular weight is 376 g/mol. The molecule has 0 unspecified atom stereocenters. The molecule has 26 heavy (non-hydrogen) atoms. The number of urea groups is 1. The number of ether oxygens (including phenoxy) is 1. The SMILES string of the molecule is COCCN1C[C@@H](CNC(=O)Nc2ccc(Cl)c3ccccc23)CC1=O. The van der Waals surface area contributed by atoms with E-state index in [0.717, 1.165) is 10.8 Å². The predicted octanol–water partition coefficient (Wildman–Crippen LogP) is 3.11. The molecule has 0 spiro atoms. The van der Waals surface area contributed by atoms with Crippen molar-refractivity contribution >= 4 is 40.0 Å². The highest BCUT2D eigenvalue weighted by Gasteiger charge is 2.29. The third-order valence-electron chi connectivity index (χ3n) is 4.53. The number of methoxy groups -OCH3 is 1. The first-order valence-corrected chi connectivity index (χ1v) is 8.95. The molecule has 2 N–H and O–H groups in total. The van der Waals surface area contributed by atoms with Crippen LogP contribution in [0, 0.1) is 5.92 Å². The van der Waals surface area contributed by atoms with Gasteiger partial charge in [0.15, 0.2) is 0 Å². The molecule has 6 nitrogen and oxygen atoms in total. The minimum Gasteiger partial charge on any atom is -0.383 e. The molecular formula is C19H22ClN3O3. The second-order valence-corrected chi connectivity index (χ2v) is 6.79. The van der Waals surface area contributed by atoms with Gasteiger partial charge in [0, 0.05) is 54.9 Å². The highest BCUT2D eigenvalue weighted by Crippen LogP contribution is 2.29. The first kappa shape index (κ1) is 18.5. The Morgan fingerprint density at radius 3 is 2.81 bits per heavy atom. The number of nitrogens with zero attached hydrogens (tertiary/aromatic N) is 1. The van der Waals surface area contributed by atoms with Crippen molar-refractivity contribution in [2.75, 3.05) is 38.7 Å². The summed E-state index contributed by atoms with van der Waals surface area (Å²) in [5, 5.41) is 8.14. The lowest BCUT2D eigenvalue weighted by atomic mass is 10.1. The molecule has 2 aromatic rings. The topological polar surface area (TPSA) is 70.7 Å². The van der Waals surface area contributed by atoms with Crippen molar-refractivity contribution in [1.82, 2.24) is 10.2 Å². The second-order valence-electron chi connectivity index (χ2n) is 6.38. The molecule has 1 saturated heterocycles. The van der Waals surface area contributed by atoms with Gasteiger partial charge in [-0.1, -0.05) is 35.9 Å². The molecule has 3 rings (SSSR count). The van der Waals surface area contributed by atoms with E-state index < -0.39 is 0 Å². The summed E-state index contributed by atoms with van der Waals surface area (Å²) in [7, 11) is 1.62. The van der Waals surface area contributed by atoms with E-state index in [4.69, 9.17) is 16.3 Å². The van der Waals surface area contributed by atoms with E-state index in [1.54, 1.807) is 24.1 Å². The number of amides is 3. The summed E-state index contributed by atoms with van der Waals surface area (Å²) in [6.07, 6.45) is 0.452. The second kappa shape index (κ2) is 8.38. The smallest absolute Gasteiger partial charge is 0.319 e. The molecule has 138 valence electrons. The zero-order valence-electron chi connectivity index (χ0n) is 14.6. The summed E-state index contributed by atoms with van der Waals surface area (Å²) in [6, 6.07) is 10.9. The van der Waals surface area contributed by atoms with Crippen molar-refractivity contribution in [3.8, 4) is 0 Å². The fourth-order valence-electron chi connectivity index (χ4n) is 3.18. The van der Waals surface area contributed by atoms with Gasteiger partial charge in [-0.05, 0) is 12.1 Å². The maximum Gasteiger partial charge on any atom is 0.319 e. The quantitative estimate of drug-likeness (QED) is 0.815. The number of hydrogen-bond acceptors (Lipinski definition) is 3. The van der Waals surface area contributed by atoms with Gasteiger partial charge in [0.25, 0.3) is 0 Å². The molecule has 1 fully saturated rings. The third-order valence-corrected chi connectivity index (χ3v) is 4.86. The van der Waals surface area contributed by atoms with Crippen LogP contribution in [0.25, 0.3) is 10.8 Å². The van der Waals surface area contributed by atoms with Crippen LogP contribution in [-0.4, -0.2) is 50.2 Å². The Labute approximate surface area is 157 Å². The molecular weight excluding hydrogens is 354 g/mol. The number of hydrogen-bond donors (Lipinski definition) is 2. The maximum atomic E-state index is 12.3. The molecule has 2 aromatic carbocycles. The van der Waals surface area contributed by atoms with Gasteiger partial charge in [0.1, 0.15) is 0 Å². The van der Waals surface area contributed by atoms with Crippen LogP contribution in [0.3, 0.4) is 0 Å². The molecule has 1 aliphatic heterocycles. The van der Waals surface area contributed by atoms with E-state index in [9.17, 15) is 9.59 Å². The molecule has 3 amide bonds. The van der Waals surface area contributed by atoms with Crippen molar-refractivity contribution in [1.29, 1.82) is 0 Å². The van der Waals surface area contributed by atoms with Gasteiger partial charge in [0.05, 0.1) is 12.3 Å². The monoisotopic (exact) mass is 375 g/mol. The zero-order valence-corrected chi connectivity index (χ0v) is 15.4. The highest BCUT2D eigenvalue weighted by atomic mass is 35.5. The number of likely N-dealkylation sites (tertiary alicyclic amines) is 1. The van der Waals surface area contributed by atoms with Crippen molar-refractivity contribution in [3.63, 3.8) is 0 Å². The van der Waals surface area contributed by atoms with Crippen LogP contribution in [0.1, 0.15) is 6.42 Å². The van der Waals surface area contributed by atoms with Crippen LogP contribution in [0.4, 0.5) is 10.5 Å². The summed E-state index contributed by atoms with van der Waals surface area (Å²) in [4.78, 5) is 26.0. The Balaban J connectivity index is 1.56. The van der Waals surface area contributed by atoms with Gasteiger partial charge < -0.3 is 20.3 Å². The van der Waals surface area contributed by atoms with Crippen LogP contribution in [-0.2, 0) is 9.53 Å². The lowest BCUT2D eigenvalue weighted by molar-refractivity contribution is -0.128. The molecule has 0 aromatic heterocycles. The molecule has 0 aliphatic carbocycles. The summed E-state index contributed by atoms with van der Waals surface area (Å²) in [6.45, 7) is 2.21. The maximum absolute atomic E-state index is 12.3. The number of benzene rings is 2. The van der Waals surface area contributed by atoms with Crippen molar-refractivity contribution in [2.24, 2.45) is 5.92 Å². The molecule has 1 atom stereocenters. The van der Waals surface area contributed by atoms with Gasteiger partial charge >= 0.3 is 6.03 Å². The number of rotatable bonds is 6. The fraction of sp³-hybridized carbons (Fsp3) is 0.368. The number of anilines is 1.